The number of Topliss-reactive ketones (excluding diaryl/α,β-unsaturated/α-hetero) is 1. The molecule has 0 aliphatic heterocycles. The minimum atomic E-state index is -0.317. The molecule has 1 aromatic carbocycles. The minimum absolute atomic E-state index is 0.0522. The Morgan fingerprint density at radius 1 is 1.27 bits per heavy atom. The molecule has 0 bridgehead atoms. The molecule has 1 aliphatic rings. The summed E-state index contributed by atoms with van der Waals surface area (Å²) in [6, 6.07) is 4.69. The monoisotopic (exact) mass is 306 g/mol. The van der Waals surface area contributed by atoms with Crippen molar-refractivity contribution in [3.8, 4) is 0 Å². The largest absolute Gasteiger partial charge is 0.308 e. The van der Waals surface area contributed by atoms with E-state index in [2.05, 4.69) is 24.3 Å². The standard InChI is InChI=1S/C18H27FN2O/c1-14-7-8-15(11-16(14)19)17(22)12-20-13-18(21(2)3)9-5-4-6-10-18/h7-8,11,20H,4-6,9-10,12-13H2,1-3H3. The van der Waals surface area contributed by atoms with Crippen molar-refractivity contribution < 1.29 is 9.18 Å². The Labute approximate surface area is 132 Å². The number of rotatable bonds is 6. The topological polar surface area (TPSA) is 32.3 Å². The molecule has 1 saturated carbocycles. The molecule has 3 nitrogen and oxygen atoms in total. The van der Waals surface area contributed by atoms with Crippen LogP contribution in [0.25, 0.3) is 0 Å². The number of carbonyl (C=O) groups excluding carboxylic acids is 1. The highest BCUT2D eigenvalue weighted by molar-refractivity contribution is 5.97. The lowest BCUT2D eigenvalue weighted by molar-refractivity contribution is 0.0905. The summed E-state index contributed by atoms with van der Waals surface area (Å²) < 4.78 is 13.5. The molecule has 122 valence electrons. The maximum atomic E-state index is 13.5. The number of aryl methyl sites for hydroxylation is 1. The molecular weight excluding hydrogens is 279 g/mol. The van der Waals surface area contributed by atoms with E-state index in [1.165, 1.54) is 38.2 Å². The second kappa shape index (κ2) is 7.34. The molecular formula is C18H27FN2O. The van der Waals surface area contributed by atoms with Crippen molar-refractivity contribution in [3.05, 3.63) is 35.1 Å². The van der Waals surface area contributed by atoms with Crippen LogP contribution < -0.4 is 5.32 Å². The van der Waals surface area contributed by atoms with E-state index in [0.29, 0.717) is 11.1 Å². The van der Waals surface area contributed by atoms with E-state index in [1.54, 1.807) is 19.1 Å². The first kappa shape index (κ1) is 17.1. The summed E-state index contributed by atoms with van der Waals surface area (Å²) in [4.78, 5) is 14.5. The van der Waals surface area contributed by atoms with Crippen LogP contribution in [0.3, 0.4) is 0 Å². The molecule has 0 atom stereocenters. The summed E-state index contributed by atoms with van der Waals surface area (Å²) in [7, 11) is 4.23. The third-order valence-corrected chi connectivity index (χ3v) is 4.97. The van der Waals surface area contributed by atoms with Crippen LogP contribution in [0.5, 0.6) is 0 Å². The second-order valence-electron chi connectivity index (χ2n) is 6.67. The lowest BCUT2D eigenvalue weighted by Crippen LogP contribution is -2.53. The highest BCUT2D eigenvalue weighted by atomic mass is 19.1. The lowest BCUT2D eigenvalue weighted by atomic mass is 9.80. The zero-order chi connectivity index (χ0) is 16.2. The fourth-order valence-electron chi connectivity index (χ4n) is 3.27. The third kappa shape index (κ3) is 3.93. The molecule has 0 heterocycles. The average Bonchev–Trinajstić information content (AvgIpc) is 2.50. The van der Waals surface area contributed by atoms with Gasteiger partial charge in [0.25, 0.3) is 0 Å². The molecule has 1 fully saturated rings. The lowest BCUT2D eigenvalue weighted by Gasteiger charge is -2.43. The maximum absolute atomic E-state index is 13.5. The Hall–Kier alpha value is -1.26. The van der Waals surface area contributed by atoms with Crippen molar-refractivity contribution in [3.63, 3.8) is 0 Å². The molecule has 0 spiro atoms. The number of hydrogen-bond acceptors (Lipinski definition) is 3. The number of hydrogen-bond donors (Lipinski definition) is 1. The van der Waals surface area contributed by atoms with Gasteiger partial charge in [0.1, 0.15) is 5.82 Å². The van der Waals surface area contributed by atoms with E-state index in [-0.39, 0.29) is 23.7 Å². The molecule has 2 rings (SSSR count). The Morgan fingerprint density at radius 2 is 1.95 bits per heavy atom. The quantitative estimate of drug-likeness (QED) is 0.819. The van der Waals surface area contributed by atoms with Crippen molar-refractivity contribution >= 4 is 5.78 Å². The molecule has 0 aromatic heterocycles. The minimum Gasteiger partial charge on any atom is -0.308 e. The Bertz CT molecular complexity index is 522. The highest BCUT2D eigenvalue weighted by Crippen LogP contribution is 2.31. The molecule has 22 heavy (non-hydrogen) atoms. The SMILES string of the molecule is Cc1ccc(C(=O)CNCC2(N(C)C)CCCCC2)cc1F. The van der Waals surface area contributed by atoms with Crippen molar-refractivity contribution in [2.45, 2.75) is 44.6 Å². The number of nitrogens with one attached hydrogen (secondary N) is 1. The summed E-state index contributed by atoms with van der Waals surface area (Å²) in [6.07, 6.45) is 6.13. The number of likely N-dealkylation sites (N-methyl/N-ethyl adjacent to an activating group) is 1. The molecule has 0 amide bonds. The van der Waals surface area contributed by atoms with Gasteiger partial charge in [-0.1, -0.05) is 31.4 Å². The van der Waals surface area contributed by atoms with Gasteiger partial charge < -0.3 is 10.2 Å². The summed E-state index contributed by atoms with van der Waals surface area (Å²) in [5.74, 6) is -0.369. The number of nitrogens with zero attached hydrogens (tertiary/aromatic N) is 1. The van der Waals surface area contributed by atoms with Gasteiger partial charge in [-0.2, -0.15) is 0 Å². The van der Waals surface area contributed by atoms with E-state index in [9.17, 15) is 9.18 Å². The molecule has 0 unspecified atom stereocenters. The van der Waals surface area contributed by atoms with Gasteiger partial charge in [-0.05, 0) is 45.5 Å². The van der Waals surface area contributed by atoms with Crippen LogP contribution in [0.2, 0.25) is 0 Å². The number of benzene rings is 1. The maximum Gasteiger partial charge on any atom is 0.176 e. The fourth-order valence-corrected chi connectivity index (χ4v) is 3.27. The molecule has 1 aliphatic carbocycles. The molecule has 0 saturated heterocycles. The summed E-state index contributed by atoms with van der Waals surface area (Å²) in [5.41, 5.74) is 1.16. The third-order valence-electron chi connectivity index (χ3n) is 4.97. The van der Waals surface area contributed by atoms with Crippen LogP contribution in [0, 0.1) is 12.7 Å². The van der Waals surface area contributed by atoms with Crippen molar-refractivity contribution in [1.82, 2.24) is 10.2 Å². The molecule has 1 aromatic rings. The Morgan fingerprint density at radius 3 is 2.55 bits per heavy atom. The zero-order valence-electron chi connectivity index (χ0n) is 13.9. The molecule has 1 N–H and O–H groups in total. The van der Waals surface area contributed by atoms with Crippen molar-refractivity contribution in [1.29, 1.82) is 0 Å². The van der Waals surface area contributed by atoms with Crippen LogP contribution in [0.15, 0.2) is 18.2 Å². The second-order valence-corrected chi connectivity index (χ2v) is 6.67. The smallest absolute Gasteiger partial charge is 0.176 e. The van der Waals surface area contributed by atoms with E-state index >= 15 is 0 Å². The van der Waals surface area contributed by atoms with Crippen LogP contribution >= 0.6 is 0 Å². The van der Waals surface area contributed by atoms with Crippen LogP contribution in [-0.2, 0) is 0 Å². The van der Waals surface area contributed by atoms with E-state index in [1.807, 2.05) is 0 Å². The van der Waals surface area contributed by atoms with Crippen LogP contribution in [0.1, 0.15) is 48.0 Å². The summed E-state index contributed by atoms with van der Waals surface area (Å²) in [6.45, 7) is 2.77. The zero-order valence-corrected chi connectivity index (χ0v) is 13.9. The molecule has 0 radical (unpaired) electrons. The van der Waals surface area contributed by atoms with E-state index in [4.69, 9.17) is 0 Å². The normalized spacial score (nSPS) is 17.7. The van der Waals surface area contributed by atoms with Gasteiger partial charge in [-0.15, -0.1) is 0 Å². The number of carbonyl (C=O) groups is 1. The van der Waals surface area contributed by atoms with Crippen LogP contribution in [0.4, 0.5) is 4.39 Å². The van der Waals surface area contributed by atoms with Gasteiger partial charge in [0.2, 0.25) is 0 Å². The fraction of sp³-hybridized carbons (Fsp3) is 0.611. The number of halogens is 1. The van der Waals surface area contributed by atoms with Crippen molar-refractivity contribution in [2.75, 3.05) is 27.2 Å². The van der Waals surface area contributed by atoms with Gasteiger partial charge in [0, 0.05) is 17.6 Å². The highest BCUT2D eigenvalue weighted by Gasteiger charge is 2.33. The first-order valence-electron chi connectivity index (χ1n) is 8.12. The van der Waals surface area contributed by atoms with E-state index in [0.717, 1.165) is 6.54 Å². The van der Waals surface area contributed by atoms with Gasteiger partial charge in [-0.25, -0.2) is 4.39 Å². The average molecular weight is 306 g/mol. The van der Waals surface area contributed by atoms with Gasteiger partial charge in [-0.3, -0.25) is 4.79 Å². The first-order chi connectivity index (χ1) is 10.4. The summed E-state index contributed by atoms with van der Waals surface area (Å²) >= 11 is 0. The Balaban J connectivity index is 1.91. The van der Waals surface area contributed by atoms with Crippen LogP contribution in [-0.4, -0.2) is 43.4 Å². The van der Waals surface area contributed by atoms with E-state index < -0.39 is 0 Å². The molecule has 4 heteroatoms. The first-order valence-corrected chi connectivity index (χ1v) is 8.12. The number of ketones is 1. The summed E-state index contributed by atoms with van der Waals surface area (Å²) in [5, 5.41) is 3.30. The van der Waals surface area contributed by atoms with Gasteiger partial charge in [0.15, 0.2) is 5.78 Å². The van der Waals surface area contributed by atoms with Gasteiger partial charge in [0.05, 0.1) is 6.54 Å². The Kier molecular flexibility index (Phi) is 5.70. The van der Waals surface area contributed by atoms with Gasteiger partial charge >= 0.3 is 0 Å². The van der Waals surface area contributed by atoms with Crippen molar-refractivity contribution in [2.24, 2.45) is 0 Å². The predicted octanol–water partition coefficient (Wildman–Crippen LogP) is 3.17. The predicted molar refractivity (Wildman–Crippen MR) is 87.8 cm³/mol.